The van der Waals surface area contributed by atoms with Gasteiger partial charge >= 0.3 is 0 Å². The van der Waals surface area contributed by atoms with E-state index in [9.17, 15) is 0 Å². The van der Waals surface area contributed by atoms with Crippen LogP contribution in [0.15, 0.2) is 36.5 Å². The topological polar surface area (TPSA) is 63.3 Å². The van der Waals surface area contributed by atoms with Crippen LogP contribution in [0.25, 0.3) is 22.6 Å². The van der Waals surface area contributed by atoms with E-state index in [-0.39, 0.29) is 0 Å². The van der Waals surface area contributed by atoms with E-state index in [1.807, 2.05) is 30.3 Å². The number of imidazole rings is 1. The van der Waals surface area contributed by atoms with Gasteiger partial charge in [-0.25, -0.2) is 9.97 Å². The zero-order chi connectivity index (χ0) is 18.5. The van der Waals surface area contributed by atoms with Crippen LogP contribution in [-0.4, -0.2) is 53.2 Å². The minimum absolute atomic E-state index is 0.701. The molecule has 0 unspecified atom stereocenters. The molecule has 6 heteroatoms. The molecule has 0 bridgehead atoms. The second-order valence-electron chi connectivity index (χ2n) is 6.93. The van der Waals surface area contributed by atoms with Gasteiger partial charge in [0, 0.05) is 18.8 Å². The van der Waals surface area contributed by atoms with Gasteiger partial charge in [0.15, 0.2) is 5.65 Å². The minimum Gasteiger partial charge on any atom is -0.496 e. The monoisotopic (exact) mass is 366 g/mol. The Hall–Kier alpha value is -2.60. The number of nitrogens with one attached hydrogen (secondary N) is 1. The number of pyridine rings is 1. The number of nitrogens with zero attached hydrogens (tertiary/aromatic N) is 3. The highest BCUT2D eigenvalue weighted by Gasteiger charge is 2.13. The lowest BCUT2D eigenvalue weighted by atomic mass is 10.1. The number of hydrogen-bond acceptors (Lipinski definition) is 5. The second-order valence-corrected chi connectivity index (χ2v) is 6.93. The number of H-pyrrole nitrogens is 1. The summed E-state index contributed by atoms with van der Waals surface area (Å²) in [7, 11) is 1.67. The SMILES string of the molecule is COc1cc(OCCCN2CCCCC2)ccc1-c1nc2ncccc2[nH]1. The summed E-state index contributed by atoms with van der Waals surface area (Å²) in [4.78, 5) is 14.7. The van der Waals surface area contributed by atoms with E-state index in [0.29, 0.717) is 12.3 Å². The van der Waals surface area contributed by atoms with Gasteiger partial charge in [0.1, 0.15) is 17.3 Å². The van der Waals surface area contributed by atoms with E-state index >= 15 is 0 Å². The van der Waals surface area contributed by atoms with Crippen LogP contribution >= 0.6 is 0 Å². The number of fused-ring (bicyclic) bond motifs is 1. The molecule has 142 valence electrons. The fraction of sp³-hybridized carbons (Fsp3) is 0.429. The van der Waals surface area contributed by atoms with Gasteiger partial charge in [-0.15, -0.1) is 0 Å². The quantitative estimate of drug-likeness (QED) is 0.643. The number of rotatable bonds is 7. The average molecular weight is 366 g/mol. The highest BCUT2D eigenvalue weighted by molar-refractivity contribution is 5.77. The highest BCUT2D eigenvalue weighted by Crippen LogP contribution is 2.32. The first-order valence-electron chi connectivity index (χ1n) is 9.68. The molecule has 0 amide bonds. The average Bonchev–Trinajstić information content (AvgIpc) is 3.16. The van der Waals surface area contributed by atoms with Crippen molar-refractivity contribution < 1.29 is 9.47 Å². The number of likely N-dealkylation sites (tertiary alicyclic amines) is 1. The van der Waals surface area contributed by atoms with Crippen molar-refractivity contribution >= 4 is 11.2 Å². The second kappa shape index (κ2) is 8.39. The normalized spacial score (nSPS) is 15.1. The van der Waals surface area contributed by atoms with E-state index in [1.54, 1.807) is 13.3 Å². The maximum atomic E-state index is 5.94. The fourth-order valence-electron chi connectivity index (χ4n) is 3.59. The third-order valence-corrected chi connectivity index (χ3v) is 5.02. The summed E-state index contributed by atoms with van der Waals surface area (Å²) in [5.41, 5.74) is 2.51. The molecule has 1 aliphatic rings. The number of hydrogen-bond donors (Lipinski definition) is 1. The van der Waals surface area contributed by atoms with Gasteiger partial charge in [-0.05, 0) is 56.6 Å². The number of ether oxygens (including phenoxy) is 2. The largest absolute Gasteiger partial charge is 0.496 e. The van der Waals surface area contributed by atoms with Crippen LogP contribution < -0.4 is 9.47 Å². The van der Waals surface area contributed by atoms with Crippen molar-refractivity contribution in [2.75, 3.05) is 33.4 Å². The van der Waals surface area contributed by atoms with Crippen LogP contribution in [0.1, 0.15) is 25.7 Å². The van der Waals surface area contributed by atoms with E-state index in [0.717, 1.165) is 41.4 Å². The van der Waals surface area contributed by atoms with Crippen molar-refractivity contribution in [3.63, 3.8) is 0 Å². The zero-order valence-electron chi connectivity index (χ0n) is 15.8. The predicted molar refractivity (Wildman–Crippen MR) is 106 cm³/mol. The molecule has 3 heterocycles. The Morgan fingerprint density at radius 2 is 2.04 bits per heavy atom. The number of piperidine rings is 1. The van der Waals surface area contributed by atoms with Gasteiger partial charge < -0.3 is 19.4 Å². The molecule has 1 N–H and O–H groups in total. The fourth-order valence-corrected chi connectivity index (χ4v) is 3.59. The van der Waals surface area contributed by atoms with Gasteiger partial charge in [-0.1, -0.05) is 6.42 Å². The van der Waals surface area contributed by atoms with Gasteiger partial charge in [0.25, 0.3) is 0 Å². The molecule has 1 fully saturated rings. The molecule has 3 aromatic rings. The number of methoxy groups -OCH3 is 1. The van der Waals surface area contributed by atoms with Crippen molar-refractivity contribution in [2.45, 2.75) is 25.7 Å². The summed E-state index contributed by atoms with van der Waals surface area (Å²) in [6.45, 7) is 4.29. The molecule has 1 aromatic carbocycles. The van der Waals surface area contributed by atoms with Crippen molar-refractivity contribution in [3.05, 3.63) is 36.5 Å². The summed E-state index contributed by atoms with van der Waals surface area (Å²) >= 11 is 0. The van der Waals surface area contributed by atoms with Crippen molar-refractivity contribution in [2.24, 2.45) is 0 Å². The van der Waals surface area contributed by atoms with Crippen molar-refractivity contribution in [1.29, 1.82) is 0 Å². The smallest absolute Gasteiger partial charge is 0.178 e. The van der Waals surface area contributed by atoms with Gasteiger partial charge in [-0.3, -0.25) is 0 Å². The van der Waals surface area contributed by atoms with E-state index < -0.39 is 0 Å². The van der Waals surface area contributed by atoms with Gasteiger partial charge in [0.2, 0.25) is 0 Å². The number of aromatic nitrogens is 3. The van der Waals surface area contributed by atoms with Crippen LogP contribution in [0.4, 0.5) is 0 Å². The summed E-state index contributed by atoms with van der Waals surface area (Å²) in [6, 6.07) is 9.74. The first-order chi connectivity index (χ1) is 13.3. The Morgan fingerprint density at radius 3 is 2.85 bits per heavy atom. The standard InChI is InChI=1S/C21H26N4O2/c1-26-19-15-16(27-14-6-13-25-11-3-2-4-12-25)8-9-17(19)20-23-18-7-5-10-22-21(18)24-20/h5,7-10,15H,2-4,6,11-14H2,1H3,(H,22,23,24). The van der Waals surface area contributed by atoms with Crippen LogP contribution in [-0.2, 0) is 0 Å². The Morgan fingerprint density at radius 1 is 1.15 bits per heavy atom. The molecule has 0 atom stereocenters. The molecule has 0 saturated carbocycles. The highest BCUT2D eigenvalue weighted by atomic mass is 16.5. The molecule has 1 saturated heterocycles. The molecular formula is C21H26N4O2. The van der Waals surface area contributed by atoms with E-state index in [1.165, 1.54) is 32.4 Å². The van der Waals surface area contributed by atoms with Crippen LogP contribution in [0.3, 0.4) is 0 Å². The Kier molecular flexibility index (Phi) is 5.53. The summed E-state index contributed by atoms with van der Waals surface area (Å²) in [5, 5.41) is 0. The lowest BCUT2D eigenvalue weighted by Gasteiger charge is -2.26. The first-order valence-corrected chi connectivity index (χ1v) is 9.68. The lowest BCUT2D eigenvalue weighted by Crippen LogP contribution is -2.31. The molecule has 0 aliphatic carbocycles. The molecular weight excluding hydrogens is 340 g/mol. The maximum absolute atomic E-state index is 5.94. The summed E-state index contributed by atoms with van der Waals surface area (Å²) < 4.78 is 11.5. The van der Waals surface area contributed by atoms with Gasteiger partial charge in [-0.2, -0.15) is 0 Å². The van der Waals surface area contributed by atoms with Crippen molar-refractivity contribution in [3.8, 4) is 22.9 Å². The van der Waals surface area contributed by atoms with E-state index in [2.05, 4.69) is 19.9 Å². The molecule has 27 heavy (non-hydrogen) atoms. The lowest BCUT2D eigenvalue weighted by molar-refractivity contribution is 0.205. The number of aromatic amines is 1. The molecule has 1 aliphatic heterocycles. The maximum Gasteiger partial charge on any atom is 0.178 e. The molecule has 0 spiro atoms. The van der Waals surface area contributed by atoms with Crippen LogP contribution in [0.2, 0.25) is 0 Å². The molecule has 4 rings (SSSR count). The van der Waals surface area contributed by atoms with E-state index in [4.69, 9.17) is 9.47 Å². The first kappa shape index (κ1) is 17.8. The third kappa shape index (κ3) is 4.22. The Balaban J connectivity index is 1.40. The van der Waals surface area contributed by atoms with Crippen molar-refractivity contribution in [1.82, 2.24) is 19.9 Å². The number of benzene rings is 1. The molecule has 0 radical (unpaired) electrons. The minimum atomic E-state index is 0.701. The molecule has 2 aromatic heterocycles. The Bertz CT molecular complexity index is 854. The Labute approximate surface area is 159 Å². The van der Waals surface area contributed by atoms with Crippen LogP contribution in [0.5, 0.6) is 11.5 Å². The molecule has 6 nitrogen and oxygen atoms in total. The summed E-state index contributed by atoms with van der Waals surface area (Å²) in [5.74, 6) is 2.31. The third-order valence-electron chi connectivity index (χ3n) is 5.02. The zero-order valence-corrected chi connectivity index (χ0v) is 15.8. The van der Waals surface area contributed by atoms with Crippen LogP contribution in [0, 0.1) is 0 Å². The predicted octanol–water partition coefficient (Wildman–Crippen LogP) is 3.89. The van der Waals surface area contributed by atoms with Gasteiger partial charge in [0.05, 0.1) is 24.8 Å². The summed E-state index contributed by atoms with van der Waals surface area (Å²) in [6.07, 6.45) is 6.82.